The lowest BCUT2D eigenvalue weighted by Crippen LogP contribution is -2.39. The Kier molecular flexibility index (Phi) is 8.78. The van der Waals surface area contributed by atoms with Gasteiger partial charge in [-0.15, -0.1) is 0 Å². The molecule has 1 aromatic carbocycles. The molecule has 40 heavy (non-hydrogen) atoms. The van der Waals surface area contributed by atoms with Gasteiger partial charge in [-0.2, -0.15) is 0 Å². The molecular weight excluding hydrogens is 541 g/mol. The molecule has 1 saturated heterocycles. The fourth-order valence-electron chi connectivity index (χ4n) is 3.89. The number of anilines is 3. The van der Waals surface area contributed by atoms with E-state index < -0.39 is 23.2 Å². The molecule has 210 valence electrons. The summed E-state index contributed by atoms with van der Waals surface area (Å²) >= 11 is 6.08. The molecule has 13 heteroatoms. The number of nitrogens with one attached hydrogen (secondary N) is 2. The molecule has 0 radical (unpaired) electrons. The van der Waals surface area contributed by atoms with Gasteiger partial charge in [0.2, 0.25) is 0 Å². The first-order valence-corrected chi connectivity index (χ1v) is 12.9. The summed E-state index contributed by atoms with van der Waals surface area (Å²) in [5, 5.41) is 5.49. The Balaban J connectivity index is 1.41. The van der Waals surface area contributed by atoms with Crippen molar-refractivity contribution in [1.82, 2.24) is 19.9 Å². The summed E-state index contributed by atoms with van der Waals surface area (Å²) in [5.41, 5.74) is -0.262. The third-order valence-corrected chi connectivity index (χ3v) is 6.02. The van der Waals surface area contributed by atoms with Gasteiger partial charge in [0.05, 0.1) is 29.8 Å². The van der Waals surface area contributed by atoms with E-state index in [0.29, 0.717) is 32.0 Å². The van der Waals surface area contributed by atoms with Gasteiger partial charge >= 0.3 is 6.09 Å². The summed E-state index contributed by atoms with van der Waals surface area (Å²) in [7, 11) is 0. The quantitative estimate of drug-likeness (QED) is 0.455. The molecule has 11 nitrogen and oxygen atoms in total. The topological polar surface area (TPSA) is 130 Å². The Bertz CT molecular complexity index is 1380. The van der Waals surface area contributed by atoms with Gasteiger partial charge in [0, 0.05) is 31.2 Å². The van der Waals surface area contributed by atoms with Crippen LogP contribution in [0.2, 0.25) is 5.02 Å². The predicted octanol–water partition coefficient (Wildman–Crippen LogP) is 4.62. The maximum absolute atomic E-state index is 13.1. The van der Waals surface area contributed by atoms with E-state index in [1.807, 2.05) is 25.7 Å². The SMILES string of the molecule is CC(C)(C)OC(=O)N1CCCN(c2cnc(C(=O)Nc3ccc(Cl)cc3C(=O)Nc3ccc(F)cn3)cn2)CC1. The summed E-state index contributed by atoms with van der Waals surface area (Å²) < 4.78 is 18.6. The molecule has 3 heterocycles. The summed E-state index contributed by atoms with van der Waals surface area (Å²) in [6.07, 6.45) is 4.18. The molecule has 3 amide bonds. The lowest BCUT2D eigenvalue weighted by Gasteiger charge is -2.26. The molecule has 1 fully saturated rings. The van der Waals surface area contributed by atoms with Crippen LogP contribution in [0.4, 0.5) is 26.5 Å². The fraction of sp³-hybridized carbons (Fsp3) is 0.333. The minimum atomic E-state index is -0.597. The van der Waals surface area contributed by atoms with E-state index in [2.05, 4.69) is 25.6 Å². The molecule has 1 aliphatic rings. The number of rotatable bonds is 5. The first kappa shape index (κ1) is 28.7. The maximum atomic E-state index is 13.1. The van der Waals surface area contributed by atoms with Crippen LogP contribution in [-0.4, -0.2) is 69.5 Å². The highest BCUT2D eigenvalue weighted by atomic mass is 35.5. The number of aromatic nitrogens is 3. The number of nitrogens with zero attached hydrogens (tertiary/aromatic N) is 5. The van der Waals surface area contributed by atoms with Gasteiger partial charge < -0.3 is 25.2 Å². The van der Waals surface area contributed by atoms with Crippen LogP contribution in [0.3, 0.4) is 0 Å². The van der Waals surface area contributed by atoms with Crippen molar-refractivity contribution in [3.63, 3.8) is 0 Å². The standard InChI is InChI=1S/C27H29ClFN7O4/c1-27(2,3)40-26(39)36-10-4-9-35(11-12-36)23-16-30-21(15-32-23)25(38)33-20-7-5-17(28)13-19(20)24(37)34-22-8-6-18(29)14-31-22/h5-8,13-16H,4,9-12H2,1-3H3,(H,33,38)(H,31,34,37). The van der Waals surface area contributed by atoms with Gasteiger partial charge in [0.15, 0.2) is 0 Å². The van der Waals surface area contributed by atoms with Crippen LogP contribution in [0, 0.1) is 5.82 Å². The van der Waals surface area contributed by atoms with Crippen molar-refractivity contribution in [3.05, 3.63) is 71.0 Å². The molecule has 0 atom stereocenters. The lowest BCUT2D eigenvalue weighted by molar-refractivity contribution is 0.0263. The van der Waals surface area contributed by atoms with Gasteiger partial charge in [-0.1, -0.05) is 11.6 Å². The summed E-state index contributed by atoms with van der Waals surface area (Å²) in [6, 6.07) is 6.88. The average molecular weight is 570 g/mol. The molecule has 3 aromatic rings. The Labute approximate surface area is 235 Å². The van der Waals surface area contributed by atoms with E-state index in [-0.39, 0.29) is 33.9 Å². The van der Waals surface area contributed by atoms with Crippen molar-refractivity contribution in [2.24, 2.45) is 0 Å². The Morgan fingerprint density at radius 3 is 2.40 bits per heavy atom. The molecule has 2 aromatic heterocycles. The third kappa shape index (κ3) is 7.63. The van der Waals surface area contributed by atoms with E-state index >= 15 is 0 Å². The molecule has 0 bridgehead atoms. The molecule has 0 unspecified atom stereocenters. The van der Waals surface area contributed by atoms with E-state index in [0.717, 1.165) is 18.7 Å². The van der Waals surface area contributed by atoms with E-state index in [4.69, 9.17) is 16.3 Å². The summed E-state index contributed by atoms with van der Waals surface area (Å²) in [4.78, 5) is 54.4. The zero-order valence-corrected chi connectivity index (χ0v) is 23.0. The second kappa shape index (κ2) is 12.2. The normalized spacial score (nSPS) is 13.8. The monoisotopic (exact) mass is 569 g/mol. The van der Waals surface area contributed by atoms with E-state index in [1.54, 1.807) is 4.90 Å². The summed E-state index contributed by atoms with van der Waals surface area (Å²) in [5.74, 6) is -1.02. The third-order valence-electron chi connectivity index (χ3n) is 5.79. The number of hydrogen-bond donors (Lipinski definition) is 2. The number of carbonyl (C=O) groups is 3. The minimum Gasteiger partial charge on any atom is -0.444 e. The Morgan fingerprint density at radius 2 is 1.73 bits per heavy atom. The van der Waals surface area contributed by atoms with Crippen LogP contribution < -0.4 is 15.5 Å². The van der Waals surface area contributed by atoms with Crippen LogP contribution >= 0.6 is 11.6 Å². The molecule has 1 aliphatic heterocycles. The zero-order valence-electron chi connectivity index (χ0n) is 22.3. The summed E-state index contributed by atoms with van der Waals surface area (Å²) in [6.45, 7) is 7.71. The lowest BCUT2D eigenvalue weighted by atomic mass is 10.1. The van der Waals surface area contributed by atoms with Gasteiger partial charge in [0.25, 0.3) is 11.8 Å². The number of benzene rings is 1. The van der Waals surface area contributed by atoms with Crippen LogP contribution in [0.25, 0.3) is 0 Å². The van der Waals surface area contributed by atoms with E-state index in [1.165, 1.54) is 36.7 Å². The number of pyridine rings is 1. The van der Waals surface area contributed by atoms with Gasteiger partial charge in [-0.25, -0.2) is 24.1 Å². The van der Waals surface area contributed by atoms with E-state index in [9.17, 15) is 18.8 Å². The molecule has 4 rings (SSSR count). The highest BCUT2D eigenvalue weighted by Gasteiger charge is 2.25. The highest BCUT2D eigenvalue weighted by molar-refractivity contribution is 6.31. The first-order valence-electron chi connectivity index (χ1n) is 12.6. The van der Waals surface area contributed by atoms with Crippen molar-refractivity contribution in [2.75, 3.05) is 41.7 Å². The second-order valence-corrected chi connectivity index (χ2v) is 10.5. The van der Waals surface area contributed by atoms with Crippen LogP contribution in [0.1, 0.15) is 48.0 Å². The minimum absolute atomic E-state index is 0.0375. The fourth-order valence-corrected chi connectivity index (χ4v) is 4.06. The number of carbonyl (C=O) groups excluding carboxylic acids is 3. The Hall–Kier alpha value is -4.32. The second-order valence-electron chi connectivity index (χ2n) is 10.0. The number of amides is 3. The maximum Gasteiger partial charge on any atom is 0.410 e. The van der Waals surface area contributed by atoms with Gasteiger partial charge in [-0.05, 0) is 57.5 Å². The van der Waals surface area contributed by atoms with Crippen molar-refractivity contribution in [3.8, 4) is 0 Å². The van der Waals surface area contributed by atoms with Gasteiger partial charge in [0.1, 0.15) is 28.7 Å². The van der Waals surface area contributed by atoms with Crippen LogP contribution in [0.15, 0.2) is 48.9 Å². The van der Waals surface area contributed by atoms with Crippen molar-refractivity contribution < 1.29 is 23.5 Å². The van der Waals surface area contributed by atoms with Gasteiger partial charge in [-0.3, -0.25) is 9.59 Å². The number of ether oxygens (including phenoxy) is 1. The Morgan fingerprint density at radius 1 is 0.925 bits per heavy atom. The van der Waals surface area contributed by atoms with Crippen molar-refractivity contribution in [2.45, 2.75) is 32.8 Å². The number of hydrogen-bond acceptors (Lipinski definition) is 8. The molecule has 0 spiro atoms. The smallest absolute Gasteiger partial charge is 0.410 e. The number of halogens is 2. The highest BCUT2D eigenvalue weighted by Crippen LogP contribution is 2.23. The largest absolute Gasteiger partial charge is 0.444 e. The first-order chi connectivity index (χ1) is 19.0. The van der Waals surface area contributed by atoms with Crippen LogP contribution in [0.5, 0.6) is 0 Å². The molecule has 2 N–H and O–H groups in total. The van der Waals surface area contributed by atoms with Crippen molar-refractivity contribution >= 4 is 46.8 Å². The average Bonchev–Trinajstić information content (AvgIpc) is 3.17. The predicted molar refractivity (Wildman–Crippen MR) is 148 cm³/mol. The molecular formula is C27H29ClFN7O4. The molecule has 0 aliphatic carbocycles. The van der Waals surface area contributed by atoms with Crippen molar-refractivity contribution in [1.29, 1.82) is 0 Å². The van der Waals surface area contributed by atoms with Crippen LogP contribution in [-0.2, 0) is 4.74 Å². The molecule has 0 saturated carbocycles. The zero-order chi connectivity index (χ0) is 28.9.